The van der Waals surface area contributed by atoms with Gasteiger partial charge in [0, 0.05) is 23.7 Å². The van der Waals surface area contributed by atoms with Crippen molar-refractivity contribution in [3.8, 4) is 0 Å². The van der Waals surface area contributed by atoms with E-state index >= 15 is 0 Å². The van der Waals surface area contributed by atoms with Crippen molar-refractivity contribution in [3.05, 3.63) is 29.8 Å². The molecule has 2 amide bonds. The molecule has 0 radical (unpaired) electrons. The molecule has 1 saturated carbocycles. The molecule has 0 heterocycles. The lowest BCUT2D eigenvalue weighted by molar-refractivity contribution is -0.117. The van der Waals surface area contributed by atoms with Gasteiger partial charge in [0.2, 0.25) is 5.91 Å². The molecule has 1 atom stereocenters. The Labute approximate surface area is 132 Å². The topological polar surface area (TPSA) is 58.2 Å². The van der Waals surface area contributed by atoms with E-state index in [0.717, 1.165) is 12.1 Å². The normalized spacial score (nSPS) is 16.3. The van der Waals surface area contributed by atoms with Gasteiger partial charge in [0.05, 0.1) is 0 Å². The second-order valence-corrected chi connectivity index (χ2v) is 6.26. The standard InChI is InChI=1S/C18H26N2O2/c1-3-13(2)19-18(22)15-8-10-16(11-9-15)20-17(21)12-14-6-4-5-7-14/h8-11,13-14H,3-7,12H2,1-2H3,(H,19,22)(H,20,21). The predicted molar refractivity (Wildman–Crippen MR) is 88.9 cm³/mol. The van der Waals surface area contributed by atoms with Crippen LogP contribution < -0.4 is 10.6 Å². The molecule has 1 aliphatic carbocycles. The van der Waals surface area contributed by atoms with Crippen LogP contribution in [-0.2, 0) is 4.79 Å². The lowest BCUT2D eigenvalue weighted by Gasteiger charge is -2.12. The number of anilines is 1. The van der Waals surface area contributed by atoms with Crippen LogP contribution in [0.3, 0.4) is 0 Å². The fraction of sp³-hybridized carbons (Fsp3) is 0.556. The van der Waals surface area contributed by atoms with Gasteiger partial charge >= 0.3 is 0 Å². The quantitative estimate of drug-likeness (QED) is 0.841. The van der Waals surface area contributed by atoms with E-state index in [-0.39, 0.29) is 17.9 Å². The van der Waals surface area contributed by atoms with Crippen LogP contribution >= 0.6 is 0 Å². The summed E-state index contributed by atoms with van der Waals surface area (Å²) in [5.41, 5.74) is 1.37. The highest BCUT2D eigenvalue weighted by atomic mass is 16.2. The number of carbonyl (C=O) groups excluding carboxylic acids is 2. The van der Waals surface area contributed by atoms with Gasteiger partial charge < -0.3 is 10.6 Å². The van der Waals surface area contributed by atoms with Crippen molar-refractivity contribution in [2.75, 3.05) is 5.32 Å². The Balaban J connectivity index is 1.85. The molecule has 1 unspecified atom stereocenters. The Morgan fingerprint density at radius 2 is 1.82 bits per heavy atom. The molecular formula is C18H26N2O2. The summed E-state index contributed by atoms with van der Waals surface area (Å²) in [6.45, 7) is 4.02. The smallest absolute Gasteiger partial charge is 0.251 e. The number of amides is 2. The highest BCUT2D eigenvalue weighted by Gasteiger charge is 2.18. The first-order valence-electron chi connectivity index (χ1n) is 8.29. The van der Waals surface area contributed by atoms with Gasteiger partial charge in [-0.3, -0.25) is 9.59 Å². The Kier molecular flexibility index (Phi) is 5.99. The summed E-state index contributed by atoms with van der Waals surface area (Å²) in [5.74, 6) is 0.544. The monoisotopic (exact) mass is 302 g/mol. The van der Waals surface area contributed by atoms with Gasteiger partial charge in [0.25, 0.3) is 5.91 Å². The summed E-state index contributed by atoms with van der Waals surface area (Å²) < 4.78 is 0. The zero-order chi connectivity index (χ0) is 15.9. The van der Waals surface area contributed by atoms with Crippen LogP contribution in [0.5, 0.6) is 0 Å². The number of rotatable bonds is 6. The molecule has 0 aliphatic heterocycles. The second-order valence-electron chi connectivity index (χ2n) is 6.26. The first-order chi connectivity index (χ1) is 10.6. The van der Waals surface area contributed by atoms with E-state index in [1.54, 1.807) is 24.3 Å². The number of hydrogen-bond donors (Lipinski definition) is 2. The lowest BCUT2D eigenvalue weighted by Crippen LogP contribution is -2.31. The summed E-state index contributed by atoms with van der Waals surface area (Å²) >= 11 is 0. The fourth-order valence-corrected chi connectivity index (χ4v) is 2.80. The van der Waals surface area contributed by atoms with E-state index in [2.05, 4.69) is 10.6 Å². The highest BCUT2D eigenvalue weighted by molar-refractivity contribution is 5.96. The van der Waals surface area contributed by atoms with Crippen molar-refractivity contribution < 1.29 is 9.59 Å². The maximum atomic E-state index is 12.0. The number of carbonyl (C=O) groups is 2. The Morgan fingerprint density at radius 1 is 1.18 bits per heavy atom. The van der Waals surface area contributed by atoms with Crippen molar-refractivity contribution in [1.82, 2.24) is 5.32 Å². The molecule has 1 aromatic rings. The summed E-state index contributed by atoms with van der Waals surface area (Å²) in [6.07, 6.45) is 6.34. The Bertz CT molecular complexity index is 504. The van der Waals surface area contributed by atoms with E-state index in [9.17, 15) is 9.59 Å². The summed E-state index contributed by atoms with van der Waals surface area (Å²) in [7, 11) is 0. The first kappa shape index (κ1) is 16.5. The van der Waals surface area contributed by atoms with E-state index in [0.29, 0.717) is 17.9 Å². The van der Waals surface area contributed by atoms with Crippen LogP contribution in [0, 0.1) is 5.92 Å². The molecule has 0 spiro atoms. The molecule has 2 rings (SSSR count). The number of hydrogen-bond acceptors (Lipinski definition) is 2. The van der Waals surface area contributed by atoms with Crippen molar-refractivity contribution in [1.29, 1.82) is 0 Å². The number of benzene rings is 1. The van der Waals surface area contributed by atoms with Gasteiger partial charge in [-0.05, 0) is 56.4 Å². The van der Waals surface area contributed by atoms with Crippen molar-refractivity contribution in [2.45, 2.75) is 58.4 Å². The van der Waals surface area contributed by atoms with Gasteiger partial charge in [-0.1, -0.05) is 19.8 Å². The first-order valence-corrected chi connectivity index (χ1v) is 8.29. The zero-order valence-corrected chi connectivity index (χ0v) is 13.5. The Morgan fingerprint density at radius 3 is 2.41 bits per heavy atom. The minimum absolute atomic E-state index is 0.0711. The van der Waals surface area contributed by atoms with Crippen LogP contribution in [0.1, 0.15) is 62.7 Å². The molecule has 1 fully saturated rings. The summed E-state index contributed by atoms with van der Waals surface area (Å²) in [4.78, 5) is 24.0. The third-order valence-corrected chi connectivity index (χ3v) is 4.37. The van der Waals surface area contributed by atoms with Crippen LogP contribution in [0.2, 0.25) is 0 Å². The van der Waals surface area contributed by atoms with Crippen LogP contribution in [0.15, 0.2) is 24.3 Å². The molecule has 4 heteroatoms. The zero-order valence-electron chi connectivity index (χ0n) is 13.5. The van der Waals surface area contributed by atoms with E-state index in [1.165, 1.54) is 25.7 Å². The molecule has 4 nitrogen and oxygen atoms in total. The lowest BCUT2D eigenvalue weighted by atomic mass is 10.0. The highest BCUT2D eigenvalue weighted by Crippen LogP contribution is 2.27. The Hall–Kier alpha value is -1.84. The van der Waals surface area contributed by atoms with Gasteiger partial charge in [0.1, 0.15) is 0 Å². The largest absolute Gasteiger partial charge is 0.350 e. The molecular weight excluding hydrogens is 276 g/mol. The van der Waals surface area contributed by atoms with Crippen molar-refractivity contribution in [3.63, 3.8) is 0 Å². The van der Waals surface area contributed by atoms with Crippen molar-refractivity contribution >= 4 is 17.5 Å². The molecule has 1 aromatic carbocycles. The van der Waals surface area contributed by atoms with Crippen LogP contribution in [-0.4, -0.2) is 17.9 Å². The average molecular weight is 302 g/mol. The predicted octanol–water partition coefficient (Wildman–Crippen LogP) is 3.73. The molecule has 2 N–H and O–H groups in total. The molecule has 0 aromatic heterocycles. The van der Waals surface area contributed by atoms with Gasteiger partial charge in [0.15, 0.2) is 0 Å². The third-order valence-electron chi connectivity index (χ3n) is 4.37. The molecule has 120 valence electrons. The molecule has 1 aliphatic rings. The van der Waals surface area contributed by atoms with E-state index in [1.807, 2.05) is 13.8 Å². The second kappa shape index (κ2) is 7.97. The summed E-state index contributed by atoms with van der Waals surface area (Å²) in [5, 5.41) is 5.84. The molecule has 22 heavy (non-hydrogen) atoms. The van der Waals surface area contributed by atoms with Gasteiger partial charge in [-0.2, -0.15) is 0 Å². The van der Waals surface area contributed by atoms with E-state index < -0.39 is 0 Å². The van der Waals surface area contributed by atoms with Crippen LogP contribution in [0.25, 0.3) is 0 Å². The van der Waals surface area contributed by atoms with Gasteiger partial charge in [-0.25, -0.2) is 0 Å². The minimum Gasteiger partial charge on any atom is -0.350 e. The molecule has 0 bridgehead atoms. The maximum Gasteiger partial charge on any atom is 0.251 e. The fourth-order valence-electron chi connectivity index (χ4n) is 2.80. The summed E-state index contributed by atoms with van der Waals surface area (Å²) in [6, 6.07) is 7.25. The minimum atomic E-state index is -0.0711. The van der Waals surface area contributed by atoms with E-state index in [4.69, 9.17) is 0 Å². The third kappa shape index (κ3) is 4.86. The molecule has 0 saturated heterocycles. The van der Waals surface area contributed by atoms with Crippen LogP contribution in [0.4, 0.5) is 5.69 Å². The number of nitrogens with one attached hydrogen (secondary N) is 2. The SMILES string of the molecule is CCC(C)NC(=O)c1ccc(NC(=O)CC2CCCC2)cc1. The maximum absolute atomic E-state index is 12.0. The van der Waals surface area contributed by atoms with Gasteiger partial charge in [-0.15, -0.1) is 0 Å². The van der Waals surface area contributed by atoms with Crippen molar-refractivity contribution in [2.24, 2.45) is 5.92 Å². The average Bonchev–Trinajstić information content (AvgIpc) is 3.00.